The lowest BCUT2D eigenvalue weighted by Gasteiger charge is -2.33. The van der Waals surface area contributed by atoms with Crippen molar-refractivity contribution in [3.05, 3.63) is 0 Å². The Morgan fingerprint density at radius 3 is 2.59 bits per heavy atom. The number of rotatable bonds is 6. The van der Waals surface area contributed by atoms with E-state index in [0.717, 1.165) is 17.9 Å². The molecule has 1 aliphatic rings. The Hall–Kier alpha value is -0.0800. The van der Waals surface area contributed by atoms with Gasteiger partial charge in [0.25, 0.3) is 0 Å². The van der Waals surface area contributed by atoms with Crippen LogP contribution < -0.4 is 5.32 Å². The lowest BCUT2D eigenvalue weighted by molar-refractivity contribution is 0.220. The Balaban J connectivity index is 2.13. The van der Waals surface area contributed by atoms with Crippen LogP contribution in [-0.2, 0) is 0 Å². The van der Waals surface area contributed by atoms with Crippen LogP contribution in [0.3, 0.4) is 0 Å². The molecule has 3 atom stereocenters. The van der Waals surface area contributed by atoms with E-state index in [4.69, 9.17) is 0 Å². The molecule has 1 fully saturated rings. The minimum absolute atomic E-state index is 0.670. The van der Waals surface area contributed by atoms with Crippen LogP contribution in [0, 0.1) is 11.8 Å². The summed E-state index contributed by atoms with van der Waals surface area (Å²) in [6, 6.07) is 1.44. The summed E-state index contributed by atoms with van der Waals surface area (Å²) in [7, 11) is 2.22. The second-order valence-electron chi connectivity index (χ2n) is 6.38. The van der Waals surface area contributed by atoms with Gasteiger partial charge in [0, 0.05) is 12.1 Å². The molecule has 2 heteroatoms. The van der Waals surface area contributed by atoms with Gasteiger partial charge in [0.05, 0.1) is 0 Å². The maximum absolute atomic E-state index is 3.77. The van der Waals surface area contributed by atoms with Gasteiger partial charge in [-0.2, -0.15) is 0 Å². The highest BCUT2D eigenvalue weighted by molar-refractivity contribution is 4.81. The van der Waals surface area contributed by atoms with Gasteiger partial charge in [-0.3, -0.25) is 0 Å². The maximum Gasteiger partial charge on any atom is 0.00952 e. The Bertz CT molecular complexity index is 203. The summed E-state index contributed by atoms with van der Waals surface area (Å²) in [5.41, 5.74) is 0. The average Bonchev–Trinajstić information content (AvgIpc) is 2.28. The lowest BCUT2D eigenvalue weighted by Crippen LogP contribution is -2.40. The molecule has 0 bridgehead atoms. The molecule has 17 heavy (non-hydrogen) atoms. The highest BCUT2D eigenvalue weighted by Crippen LogP contribution is 2.28. The zero-order valence-electron chi connectivity index (χ0n) is 12.5. The van der Waals surface area contributed by atoms with Gasteiger partial charge in [-0.25, -0.2) is 0 Å². The van der Waals surface area contributed by atoms with E-state index >= 15 is 0 Å². The van der Waals surface area contributed by atoms with Gasteiger partial charge in [0.1, 0.15) is 0 Å². The molecule has 2 nitrogen and oxygen atoms in total. The summed E-state index contributed by atoms with van der Waals surface area (Å²) in [4.78, 5) is 2.43. The van der Waals surface area contributed by atoms with Crippen LogP contribution in [0.1, 0.15) is 53.4 Å². The van der Waals surface area contributed by atoms with Gasteiger partial charge in [0.2, 0.25) is 0 Å². The highest BCUT2D eigenvalue weighted by atomic mass is 15.1. The monoisotopic (exact) mass is 240 g/mol. The van der Waals surface area contributed by atoms with Gasteiger partial charge >= 0.3 is 0 Å². The molecule has 102 valence electrons. The fourth-order valence-corrected chi connectivity index (χ4v) is 2.69. The van der Waals surface area contributed by atoms with Gasteiger partial charge < -0.3 is 10.2 Å². The largest absolute Gasteiger partial charge is 0.314 e. The van der Waals surface area contributed by atoms with Crippen LogP contribution in [-0.4, -0.2) is 37.1 Å². The van der Waals surface area contributed by atoms with Crippen molar-refractivity contribution in [2.75, 3.05) is 20.1 Å². The Labute approximate surface area is 108 Å². The quantitative estimate of drug-likeness (QED) is 0.718. The minimum Gasteiger partial charge on any atom is -0.314 e. The van der Waals surface area contributed by atoms with E-state index in [1.165, 1.54) is 38.8 Å². The predicted octanol–water partition coefficient (Wildman–Crippen LogP) is 3.13. The first-order chi connectivity index (χ1) is 8.00. The van der Waals surface area contributed by atoms with E-state index in [9.17, 15) is 0 Å². The van der Waals surface area contributed by atoms with Crippen molar-refractivity contribution in [3.8, 4) is 0 Å². The molecule has 0 aromatic heterocycles. The van der Waals surface area contributed by atoms with Crippen molar-refractivity contribution < 1.29 is 0 Å². The van der Waals surface area contributed by atoms with Crippen molar-refractivity contribution in [2.24, 2.45) is 11.8 Å². The van der Waals surface area contributed by atoms with Gasteiger partial charge in [-0.15, -0.1) is 0 Å². The normalized spacial score (nSPS) is 30.2. The summed E-state index contributed by atoms with van der Waals surface area (Å²) in [5, 5.41) is 3.77. The Morgan fingerprint density at radius 2 is 1.94 bits per heavy atom. The van der Waals surface area contributed by atoms with E-state index in [1.807, 2.05) is 0 Å². The summed E-state index contributed by atoms with van der Waals surface area (Å²) in [5.74, 6) is 1.79. The van der Waals surface area contributed by atoms with Crippen LogP contribution in [0.15, 0.2) is 0 Å². The summed E-state index contributed by atoms with van der Waals surface area (Å²) >= 11 is 0. The molecule has 1 N–H and O–H groups in total. The minimum atomic E-state index is 0.670. The molecule has 0 spiro atoms. The van der Waals surface area contributed by atoms with Gasteiger partial charge in [-0.1, -0.05) is 20.3 Å². The van der Waals surface area contributed by atoms with Crippen LogP contribution in [0.2, 0.25) is 0 Å². The molecule has 1 aliphatic carbocycles. The second kappa shape index (κ2) is 7.38. The molecule has 0 saturated heterocycles. The summed E-state index contributed by atoms with van der Waals surface area (Å²) < 4.78 is 0. The highest BCUT2D eigenvalue weighted by Gasteiger charge is 2.24. The lowest BCUT2D eigenvalue weighted by atomic mass is 9.80. The zero-order valence-corrected chi connectivity index (χ0v) is 12.5. The first-order valence-electron chi connectivity index (χ1n) is 7.44. The second-order valence-corrected chi connectivity index (χ2v) is 6.38. The molecule has 0 radical (unpaired) electrons. The molecule has 0 amide bonds. The van der Waals surface area contributed by atoms with E-state index in [-0.39, 0.29) is 0 Å². The number of nitrogens with zero attached hydrogens (tertiary/aromatic N) is 1. The van der Waals surface area contributed by atoms with Crippen LogP contribution in [0.5, 0.6) is 0 Å². The SMILES string of the molecule is CC1CCC(C)C(NCCCN(C)C(C)C)C1. The Morgan fingerprint density at radius 1 is 1.24 bits per heavy atom. The zero-order chi connectivity index (χ0) is 12.8. The fraction of sp³-hybridized carbons (Fsp3) is 1.00. The molecular weight excluding hydrogens is 208 g/mol. The average molecular weight is 240 g/mol. The predicted molar refractivity (Wildman–Crippen MR) is 76.4 cm³/mol. The third-order valence-electron chi connectivity index (χ3n) is 4.43. The van der Waals surface area contributed by atoms with Crippen molar-refractivity contribution in [2.45, 2.75) is 65.5 Å². The van der Waals surface area contributed by atoms with E-state index in [1.54, 1.807) is 0 Å². The number of hydrogen-bond donors (Lipinski definition) is 1. The maximum atomic E-state index is 3.77. The first-order valence-corrected chi connectivity index (χ1v) is 7.44. The van der Waals surface area contributed by atoms with Crippen molar-refractivity contribution in [1.29, 1.82) is 0 Å². The molecule has 0 aliphatic heterocycles. The van der Waals surface area contributed by atoms with E-state index in [2.05, 4.69) is 45.0 Å². The first kappa shape index (κ1) is 15.0. The molecule has 1 rings (SSSR count). The molecule has 0 aromatic rings. The number of hydrogen-bond acceptors (Lipinski definition) is 2. The summed E-state index contributed by atoms with van der Waals surface area (Å²) in [6.07, 6.45) is 5.48. The molecule has 3 unspecified atom stereocenters. The van der Waals surface area contributed by atoms with Gasteiger partial charge in [-0.05, 0) is 65.1 Å². The van der Waals surface area contributed by atoms with Crippen molar-refractivity contribution in [3.63, 3.8) is 0 Å². The van der Waals surface area contributed by atoms with Crippen molar-refractivity contribution >= 4 is 0 Å². The van der Waals surface area contributed by atoms with Crippen molar-refractivity contribution in [1.82, 2.24) is 10.2 Å². The molecule has 0 heterocycles. The topological polar surface area (TPSA) is 15.3 Å². The third kappa shape index (κ3) is 5.39. The van der Waals surface area contributed by atoms with E-state index in [0.29, 0.717) is 6.04 Å². The Kier molecular flexibility index (Phi) is 6.50. The van der Waals surface area contributed by atoms with Crippen LogP contribution >= 0.6 is 0 Å². The van der Waals surface area contributed by atoms with Crippen LogP contribution in [0.25, 0.3) is 0 Å². The summed E-state index contributed by atoms with van der Waals surface area (Å²) in [6.45, 7) is 11.7. The smallest absolute Gasteiger partial charge is 0.00952 e. The fourth-order valence-electron chi connectivity index (χ4n) is 2.69. The third-order valence-corrected chi connectivity index (χ3v) is 4.43. The van der Waals surface area contributed by atoms with E-state index < -0.39 is 0 Å². The molecular formula is C15H32N2. The molecule has 1 saturated carbocycles. The molecule has 0 aromatic carbocycles. The standard InChI is InChI=1S/C15H32N2/c1-12(2)17(5)10-6-9-16-15-11-13(3)7-8-14(15)4/h12-16H,6-11H2,1-5H3. The number of nitrogens with one attached hydrogen (secondary N) is 1. The van der Waals surface area contributed by atoms with Gasteiger partial charge in [0.15, 0.2) is 0 Å². The van der Waals surface area contributed by atoms with Crippen LogP contribution in [0.4, 0.5) is 0 Å².